The molecule has 1 aromatic rings. The average molecular weight is 284 g/mol. The molecule has 0 fully saturated rings. The highest BCUT2D eigenvalue weighted by Gasteiger charge is 2.09. The Labute approximate surface area is 122 Å². The number of rotatable bonds is 9. The highest BCUT2D eigenvalue weighted by atomic mass is 32.2. The normalized spacial score (nSPS) is 11.7. The fourth-order valence-corrected chi connectivity index (χ4v) is 2.42. The number of aryl methyl sites for hydroxylation is 1. The van der Waals surface area contributed by atoms with Crippen molar-refractivity contribution in [2.45, 2.75) is 33.9 Å². The average Bonchev–Trinajstić information content (AvgIpc) is 2.66. The smallest absolute Gasteiger partial charge is 0.118 e. The SMILES string of the molecule is CSCCN(C)Cc1cc(CNCC(C)C)c(C)o1. The molecule has 19 heavy (non-hydrogen) atoms. The summed E-state index contributed by atoms with van der Waals surface area (Å²) in [6.45, 7) is 10.4. The first-order valence-electron chi connectivity index (χ1n) is 6.99. The van der Waals surface area contributed by atoms with Gasteiger partial charge in [0.2, 0.25) is 0 Å². The molecule has 0 spiro atoms. The Morgan fingerprint density at radius 2 is 2.16 bits per heavy atom. The van der Waals surface area contributed by atoms with Gasteiger partial charge in [0.1, 0.15) is 11.5 Å². The van der Waals surface area contributed by atoms with Crippen molar-refractivity contribution < 1.29 is 4.42 Å². The lowest BCUT2D eigenvalue weighted by Gasteiger charge is -2.13. The predicted molar refractivity (Wildman–Crippen MR) is 84.7 cm³/mol. The maximum Gasteiger partial charge on any atom is 0.118 e. The Kier molecular flexibility index (Phi) is 7.57. The van der Waals surface area contributed by atoms with Crippen molar-refractivity contribution in [3.05, 3.63) is 23.2 Å². The summed E-state index contributed by atoms with van der Waals surface area (Å²) in [5.41, 5.74) is 1.29. The van der Waals surface area contributed by atoms with Crippen molar-refractivity contribution in [1.82, 2.24) is 10.2 Å². The highest BCUT2D eigenvalue weighted by Crippen LogP contribution is 2.16. The maximum atomic E-state index is 5.83. The Morgan fingerprint density at radius 1 is 1.42 bits per heavy atom. The molecule has 1 heterocycles. The van der Waals surface area contributed by atoms with Crippen molar-refractivity contribution in [2.75, 3.05) is 32.1 Å². The van der Waals surface area contributed by atoms with Crippen LogP contribution in [-0.4, -0.2) is 37.0 Å². The summed E-state index contributed by atoms with van der Waals surface area (Å²) in [6, 6.07) is 2.19. The van der Waals surface area contributed by atoms with Crippen molar-refractivity contribution in [3.63, 3.8) is 0 Å². The summed E-state index contributed by atoms with van der Waals surface area (Å²) < 4.78 is 5.83. The van der Waals surface area contributed by atoms with E-state index in [-0.39, 0.29) is 0 Å². The molecule has 0 amide bonds. The third kappa shape index (κ3) is 6.50. The molecule has 0 aromatic carbocycles. The molecule has 3 nitrogen and oxygen atoms in total. The zero-order valence-electron chi connectivity index (χ0n) is 13.0. The predicted octanol–water partition coefficient (Wildman–Crippen LogP) is 3.13. The molecule has 0 saturated heterocycles. The van der Waals surface area contributed by atoms with Crippen LogP contribution in [0.2, 0.25) is 0 Å². The summed E-state index contributed by atoms with van der Waals surface area (Å²) in [6.07, 6.45) is 2.14. The van der Waals surface area contributed by atoms with Gasteiger partial charge in [-0.15, -0.1) is 0 Å². The molecule has 1 aromatic heterocycles. The van der Waals surface area contributed by atoms with E-state index in [0.29, 0.717) is 5.92 Å². The number of nitrogens with zero attached hydrogens (tertiary/aromatic N) is 1. The van der Waals surface area contributed by atoms with Crippen molar-refractivity contribution in [3.8, 4) is 0 Å². The van der Waals surface area contributed by atoms with E-state index in [1.165, 1.54) is 11.3 Å². The lowest BCUT2D eigenvalue weighted by molar-refractivity contribution is 0.308. The fourth-order valence-electron chi connectivity index (χ4n) is 1.93. The topological polar surface area (TPSA) is 28.4 Å². The van der Waals surface area contributed by atoms with Crippen LogP contribution >= 0.6 is 11.8 Å². The van der Waals surface area contributed by atoms with Crippen molar-refractivity contribution >= 4 is 11.8 Å². The van der Waals surface area contributed by atoms with E-state index in [1.807, 2.05) is 11.8 Å². The van der Waals surface area contributed by atoms with Gasteiger partial charge in [-0.1, -0.05) is 13.8 Å². The molecule has 0 aliphatic rings. The summed E-state index contributed by atoms with van der Waals surface area (Å²) in [5.74, 6) is 3.97. The van der Waals surface area contributed by atoms with E-state index in [1.54, 1.807) is 0 Å². The number of nitrogens with one attached hydrogen (secondary N) is 1. The van der Waals surface area contributed by atoms with Gasteiger partial charge in [0, 0.05) is 24.4 Å². The van der Waals surface area contributed by atoms with Gasteiger partial charge in [0.05, 0.1) is 6.54 Å². The van der Waals surface area contributed by atoms with Gasteiger partial charge in [0.25, 0.3) is 0 Å². The van der Waals surface area contributed by atoms with E-state index in [4.69, 9.17) is 4.42 Å². The standard InChI is InChI=1S/C15H28N2OS/c1-12(2)9-16-10-14-8-15(18-13(14)3)11-17(4)6-7-19-5/h8,12,16H,6-7,9-11H2,1-5H3. The third-order valence-electron chi connectivity index (χ3n) is 3.04. The van der Waals surface area contributed by atoms with Crippen LogP contribution in [-0.2, 0) is 13.1 Å². The van der Waals surface area contributed by atoms with Crippen LogP contribution < -0.4 is 5.32 Å². The first-order chi connectivity index (χ1) is 9.02. The highest BCUT2D eigenvalue weighted by molar-refractivity contribution is 7.98. The van der Waals surface area contributed by atoms with Crippen LogP contribution in [0.1, 0.15) is 30.9 Å². The second kappa shape index (κ2) is 8.67. The van der Waals surface area contributed by atoms with Gasteiger partial charge in [-0.05, 0) is 38.8 Å². The molecule has 0 aliphatic carbocycles. The second-order valence-corrected chi connectivity index (χ2v) is 6.54. The molecule has 0 saturated carbocycles. The van der Waals surface area contributed by atoms with Crippen LogP contribution in [0.3, 0.4) is 0 Å². The van der Waals surface area contributed by atoms with Crippen LogP contribution in [0.4, 0.5) is 0 Å². The summed E-state index contributed by atoms with van der Waals surface area (Å²) >= 11 is 1.88. The first kappa shape index (κ1) is 16.6. The third-order valence-corrected chi connectivity index (χ3v) is 3.63. The lowest BCUT2D eigenvalue weighted by Crippen LogP contribution is -2.20. The second-order valence-electron chi connectivity index (χ2n) is 5.55. The Bertz CT molecular complexity index is 363. The molecule has 1 N–H and O–H groups in total. The molecule has 110 valence electrons. The van der Waals surface area contributed by atoms with E-state index in [9.17, 15) is 0 Å². The molecule has 0 unspecified atom stereocenters. The zero-order chi connectivity index (χ0) is 14.3. The number of hydrogen-bond donors (Lipinski definition) is 1. The number of furan rings is 1. The maximum absolute atomic E-state index is 5.83. The molecule has 1 rings (SSSR count). The van der Waals surface area contributed by atoms with Gasteiger partial charge >= 0.3 is 0 Å². The van der Waals surface area contributed by atoms with Gasteiger partial charge in [-0.25, -0.2) is 0 Å². The van der Waals surface area contributed by atoms with E-state index >= 15 is 0 Å². The summed E-state index contributed by atoms with van der Waals surface area (Å²) in [4.78, 5) is 2.31. The molecule has 0 atom stereocenters. The molecule has 0 aliphatic heterocycles. The Balaban J connectivity index is 2.44. The van der Waals surface area contributed by atoms with E-state index in [0.717, 1.165) is 37.7 Å². The molecule has 4 heteroatoms. The Hall–Kier alpha value is -0.450. The van der Waals surface area contributed by atoms with Crippen molar-refractivity contribution in [1.29, 1.82) is 0 Å². The zero-order valence-corrected chi connectivity index (χ0v) is 13.8. The molecular weight excluding hydrogens is 256 g/mol. The number of hydrogen-bond acceptors (Lipinski definition) is 4. The lowest BCUT2D eigenvalue weighted by atomic mass is 10.2. The largest absolute Gasteiger partial charge is 0.465 e. The minimum Gasteiger partial charge on any atom is -0.465 e. The molecule has 0 bridgehead atoms. The van der Waals surface area contributed by atoms with Gasteiger partial charge in [0.15, 0.2) is 0 Å². The van der Waals surface area contributed by atoms with Gasteiger partial charge in [-0.3, -0.25) is 4.90 Å². The van der Waals surface area contributed by atoms with Crippen molar-refractivity contribution in [2.24, 2.45) is 5.92 Å². The quantitative estimate of drug-likeness (QED) is 0.754. The first-order valence-corrected chi connectivity index (χ1v) is 8.38. The molecular formula is C15H28N2OS. The van der Waals surface area contributed by atoms with Crippen LogP contribution in [0, 0.1) is 12.8 Å². The number of thioether (sulfide) groups is 1. The summed E-state index contributed by atoms with van der Waals surface area (Å²) in [7, 11) is 2.14. The minimum absolute atomic E-state index is 0.685. The van der Waals surface area contributed by atoms with E-state index < -0.39 is 0 Å². The molecule has 0 radical (unpaired) electrons. The Morgan fingerprint density at radius 3 is 2.79 bits per heavy atom. The van der Waals surface area contributed by atoms with Crippen LogP contribution in [0.5, 0.6) is 0 Å². The minimum atomic E-state index is 0.685. The van der Waals surface area contributed by atoms with Gasteiger partial charge in [-0.2, -0.15) is 11.8 Å². The monoisotopic (exact) mass is 284 g/mol. The summed E-state index contributed by atoms with van der Waals surface area (Å²) in [5, 5.41) is 3.47. The van der Waals surface area contributed by atoms with Crippen LogP contribution in [0.15, 0.2) is 10.5 Å². The van der Waals surface area contributed by atoms with Gasteiger partial charge < -0.3 is 9.73 Å². The van der Waals surface area contributed by atoms with E-state index in [2.05, 4.69) is 50.4 Å². The fraction of sp³-hybridized carbons (Fsp3) is 0.733. The van der Waals surface area contributed by atoms with Crippen LogP contribution in [0.25, 0.3) is 0 Å².